The second kappa shape index (κ2) is 12.5. The first-order valence-corrected chi connectivity index (χ1v) is 19.5. The lowest BCUT2D eigenvalue weighted by Crippen LogP contribution is -2.67. The minimum absolute atomic E-state index is 0.0168. The van der Waals surface area contributed by atoms with Crippen molar-refractivity contribution < 1.29 is 24.2 Å². The van der Waals surface area contributed by atoms with E-state index in [4.69, 9.17) is 4.74 Å². The van der Waals surface area contributed by atoms with E-state index in [2.05, 4.69) is 58.4 Å². The molecule has 2 N–H and O–H groups in total. The molecule has 0 bridgehead atoms. The molecule has 5 aliphatic rings. The molecule has 0 aromatic carbocycles. The number of carbonyl (C=O) groups excluding carboxylic acids is 2. The molecule has 5 saturated carbocycles. The van der Waals surface area contributed by atoms with E-state index in [1.807, 2.05) is 17.8 Å². The molecule has 0 radical (unpaired) electrons. The third-order valence-corrected chi connectivity index (χ3v) is 16.5. The van der Waals surface area contributed by atoms with Crippen LogP contribution in [0.25, 0.3) is 0 Å². The highest BCUT2D eigenvalue weighted by Gasteiger charge is 2.71. The Morgan fingerprint density at radius 2 is 1.70 bits per heavy atom. The SMILES string of the molecule is C=C(C)[C@@H]1CC[C@]2(CC(=O)NCc3nccn3C)CC[C@]3(C)[C@H](CC[C@@H]4[C@@]5(C)CC[C@H](OC(=O)CC(C)(C)C(=O)O)C(C)(C)[C@@H]5CC[C@]43C)[C@@H]12. The Kier molecular flexibility index (Phi) is 9.28. The van der Waals surface area contributed by atoms with Gasteiger partial charge >= 0.3 is 11.9 Å². The summed E-state index contributed by atoms with van der Waals surface area (Å²) >= 11 is 0. The van der Waals surface area contributed by atoms with Gasteiger partial charge in [0.2, 0.25) is 5.91 Å². The number of aryl methyl sites for hydroxylation is 1. The topological polar surface area (TPSA) is 111 Å². The minimum Gasteiger partial charge on any atom is -0.481 e. The average molecular weight is 692 g/mol. The summed E-state index contributed by atoms with van der Waals surface area (Å²) in [5, 5.41) is 12.8. The van der Waals surface area contributed by atoms with Gasteiger partial charge in [-0.1, -0.05) is 46.8 Å². The van der Waals surface area contributed by atoms with E-state index < -0.39 is 17.4 Å². The Labute approximate surface area is 301 Å². The van der Waals surface area contributed by atoms with Crippen molar-refractivity contribution in [1.29, 1.82) is 0 Å². The molecule has 8 nitrogen and oxygen atoms in total. The van der Waals surface area contributed by atoms with Gasteiger partial charge in [-0.25, -0.2) is 4.98 Å². The van der Waals surface area contributed by atoms with Crippen molar-refractivity contribution >= 4 is 17.8 Å². The van der Waals surface area contributed by atoms with Gasteiger partial charge in [-0.2, -0.15) is 0 Å². The highest BCUT2D eigenvalue weighted by atomic mass is 16.5. The fourth-order valence-electron chi connectivity index (χ4n) is 13.5. The zero-order valence-electron chi connectivity index (χ0n) is 32.5. The average Bonchev–Trinajstić information content (AvgIpc) is 3.61. The maximum absolute atomic E-state index is 13.7. The molecule has 278 valence electrons. The number of fused-ring (bicyclic) bond motifs is 7. The van der Waals surface area contributed by atoms with Crippen LogP contribution in [-0.2, 0) is 32.7 Å². The number of allylic oxidation sites excluding steroid dienone is 1. The molecule has 50 heavy (non-hydrogen) atoms. The minimum atomic E-state index is -1.14. The van der Waals surface area contributed by atoms with Crippen LogP contribution >= 0.6 is 0 Å². The predicted octanol–water partition coefficient (Wildman–Crippen LogP) is 8.50. The van der Waals surface area contributed by atoms with Gasteiger partial charge in [-0.15, -0.1) is 0 Å². The van der Waals surface area contributed by atoms with Crippen molar-refractivity contribution in [3.05, 3.63) is 30.4 Å². The summed E-state index contributed by atoms with van der Waals surface area (Å²) in [5.74, 6) is 2.16. The van der Waals surface area contributed by atoms with Crippen molar-refractivity contribution in [3.8, 4) is 0 Å². The Morgan fingerprint density at radius 1 is 0.980 bits per heavy atom. The normalized spacial score (nSPS) is 40.4. The number of rotatable bonds is 9. The van der Waals surface area contributed by atoms with E-state index in [9.17, 15) is 19.5 Å². The molecule has 0 spiro atoms. The Bertz CT molecular complexity index is 1530. The molecule has 0 aliphatic heterocycles. The number of amides is 1. The van der Waals surface area contributed by atoms with Crippen LogP contribution in [0.3, 0.4) is 0 Å². The molecule has 8 heteroatoms. The van der Waals surface area contributed by atoms with Gasteiger partial charge < -0.3 is 19.7 Å². The lowest BCUT2D eigenvalue weighted by Gasteiger charge is -2.73. The number of carbonyl (C=O) groups is 3. The van der Waals surface area contributed by atoms with Crippen LogP contribution in [0.15, 0.2) is 24.5 Å². The van der Waals surface area contributed by atoms with Crippen LogP contribution in [-0.4, -0.2) is 38.6 Å². The van der Waals surface area contributed by atoms with Crippen LogP contribution in [0.5, 0.6) is 0 Å². The summed E-state index contributed by atoms with van der Waals surface area (Å²) in [6.45, 7) is 22.8. The van der Waals surface area contributed by atoms with E-state index in [1.54, 1.807) is 20.0 Å². The first-order chi connectivity index (χ1) is 23.2. The number of aromatic nitrogens is 2. The molecule has 6 rings (SSSR count). The fraction of sp³-hybridized carbons (Fsp3) is 0.810. The Morgan fingerprint density at radius 3 is 2.34 bits per heavy atom. The number of carboxylic acid groups (broad SMARTS) is 1. The van der Waals surface area contributed by atoms with Crippen LogP contribution in [0.1, 0.15) is 138 Å². The van der Waals surface area contributed by atoms with Gasteiger partial charge in [0, 0.05) is 31.3 Å². The molecule has 1 amide bonds. The number of esters is 1. The van der Waals surface area contributed by atoms with E-state index in [-0.39, 0.29) is 45.5 Å². The van der Waals surface area contributed by atoms with Crippen molar-refractivity contribution in [2.75, 3.05) is 0 Å². The Balaban J connectivity index is 1.23. The molecule has 5 fully saturated rings. The molecular weight excluding hydrogens is 626 g/mol. The van der Waals surface area contributed by atoms with Gasteiger partial charge in [-0.3, -0.25) is 14.4 Å². The summed E-state index contributed by atoms with van der Waals surface area (Å²) in [4.78, 5) is 42.9. The molecular formula is C42H65N3O5. The number of carboxylic acids is 1. The van der Waals surface area contributed by atoms with Crippen molar-refractivity contribution in [3.63, 3.8) is 0 Å². The number of nitrogens with one attached hydrogen (secondary N) is 1. The smallest absolute Gasteiger partial charge is 0.309 e. The van der Waals surface area contributed by atoms with Crippen molar-refractivity contribution in [2.24, 2.45) is 69.1 Å². The second-order valence-corrected chi connectivity index (χ2v) is 19.7. The van der Waals surface area contributed by atoms with Crippen LogP contribution in [0, 0.1) is 62.1 Å². The second-order valence-electron chi connectivity index (χ2n) is 19.7. The summed E-state index contributed by atoms with van der Waals surface area (Å²) in [7, 11) is 1.97. The molecule has 1 aromatic rings. The van der Waals surface area contributed by atoms with Gasteiger partial charge in [0.15, 0.2) is 0 Å². The lowest BCUT2D eigenvalue weighted by molar-refractivity contribution is -0.250. The third kappa shape index (κ3) is 5.68. The first-order valence-electron chi connectivity index (χ1n) is 19.5. The van der Waals surface area contributed by atoms with E-state index in [0.29, 0.717) is 42.6 Å². The number of hydrogen-bond donors (Lipinski definition) is 2. The number of aliphatic carboxylic acids is 1. The third-order valence-electron chi connectivity index (χ3n) is 16.5. The molecule has 10 atom stereocenters. The quantitative estimate of drug-likeness (QED) is 0.199. The van der Waals surface area contributed by atoms with Crippen LogP contribution < -0.4 is 5.32 Å². The largest absolute Gasteiger partial charge is 0.481 e. The predicted molar refractivity (Wildman–Crippen MR) is 195 cm³/mol. The number of nitrogens with zero attached hydrogens (tertiary/aromatic N) is 2. The van der Waals surface area contributed by atoms with Crippen LogP contribution in [0.2, 0.25) is 0 Å². The summed E-state index contributed by atoms with van der Waals surface area (Å²) in [5.41, 5.74) is 0.457. The number of ether oxygens (including phenoxy) is 1. The van der Waals surface area contributed by atoms with E-state index in [0.717, 1.165) is 44.3 Å². The highest BCUT2D eigenvalue weighted by Crippen LogP contribution is 2.78. The van der Waals surface area contributed by atoms with Gasteiger partial charge in [0.1, 0.15) is 11.9 Å². The molecule has 1 aromatic heterocycles. The van der Waals surface area contributed by atoms with Crippen molar-refractivity contribution in [1.82, 2.24) is 14.9 Å². The zero-order chi connectivity index (χ0) is 36.7. The summed E-state index contributed by atoms with van der Waals surface area (Å²) in [6, 6.07) is 0. The van der Waals surface area contributed by atoms with Gasteiger partial charge in [-0.05, 0) is 136 Å². The molecule has 5 aliphatic carbocycles. The summed E-state index contributed by atoms with van der Waals surface area (Å²) in [6.07, 6.45) is 15.0. The summed E-state index contributed by atoms with van der Waals surface area (Å²) < 4.78 is 8.14. The zero-order valence-corrected chi connectivity index (χ0v) is 32.5. The highest BCUT2D eigenvalue weighted by molar-refractivity contribution is 5.81. The monoisotopic (exact) mass is 691 g/mol. The Hall–Kier alpha value is -2.64. The molecule has 0 saturated heterocycles. The van der Waals surface area contributed by atoms with E-state index in [1.165, 1.54) is 31.3 Å². The van der Waals surface area contributed by atoms with Gasteiger partial charge in [0.05, 0.1) is 18.4 Å². The van der Waals surface area contributed by atoms with Crippen LogP contribution in [0.4, 0.5) is 0 Å². The first kappa shape index (κ1) is 37.1. The standard InChI is InChI=1S/C42H65N3O5/c1-26(2)27-13-18-42(23-33(46)44-25-32-43-21-22-45(32)10)20-19-40(8)28(35(27)42)11-12-30-39(7)16-15-31(50-34(47)24-37(3,4)36(48)49)38(5,6)29(39)14-17-41(30,40)9/h21-22,27-31,35H,1,11-20,23-25H2,2-10H3,(H,44,46)(H,48,49)/t27-,28+,29-,30+,31-,35+,39-,40+,41+,42+/m0/s1. The fourth-order valence-corrected chi connectivity index (χ4v) is 13.5. The lowest BCUT2D eigenvalue weighted by atomic mass is 9.32. The maximum atomic E-state index is 13.7. The number of hydrogen-bond acceptors (Lipinski definition) is 5. The maximum Gasteiger partial charge on any atom is 0.309 e. The molecule has 1 heterocycles. The van der Waals surface area contributed by atoms with Crippen molar-refractivity contribution in [2.45, 2.75) is 145 Å². The molecule has 0 unspecified atom stereocenters. The van der Waals surface area contributed by atoms with E-state index >= 15 is 0 Å². The van der Waals surface area contributed by atoms with Gasteiger partial charge in [0.25, 0.3) is 0 Å². The number of imidazole rings is 1.